The molecule has 1 fully saturated rings. The lowest BCUT2D eigenvalue weighted by molar-refractivity contribution is 0.0905. The van der Waals surface area contributed by atoms with Crippen molar-refractivity contribution in [2.75, 3.05) is 13.1 Å². The molecule has 0 spiro atoms. The zero-order valence-corrected chi connectivity index (χ0v) is 14.1. The van der Waals surface area contributed by atoms with Crippen LogP contribution in [0.1, 0.15) is 48.8 Å². The topological polar surface area (TPSA) is 59.0 Å². The van der Waals surface area contributed by atoms with Gasteiger partial charge < -0.3 is 10.6 Å². The van der Waals surface area contributed by atoms with Crippen LogP contribution in [0, 0.1) is 5.82 Å². The molecule has 24 heavy (non-hydrogen) atoms. The molecule has 1 aliphatic rings. The van der Waals surface area contributed by atoms with Crippen LogP contribution in [0.4, 0.5) is 4.39 Å². The van der Waals surface area contributed by atoms with Crippen LogP contribution in [0.5, 0.6) is 0 Å². The van der Waals surface area contributed by atoms with Gasteiger partial charge in [0.15, 0.2) is 0 Å². The maximum Gasteiger partial charge on any atom is 0.272 e. The van der Waals surface area contributed by atoms with Crippen LogP contribution in [0.3, 0.4) is 0 Å². The number of amides is 1. The molecule has 1 aromatic heterocycles. The van der Waals surface area contributed by atoms with Crippen molar-refractivity contribution in [1.29, 1.82) is 0 Å². The van der Waals surface area contributed by atoms with Crippen molar-refractivity contribution in [3.8, 4) is 0 Å². The van der Waals surface area contributed by atoms with E-state index in [9.17, 15) is 9.18 Å². The number of benzene rings is 1. The molecular weight excluding hydrogens is 307 g/mol. The molecule has 1 atom stereocenters. The summed E-state index contributed by atoms with van der Waals surface area (Å²) >= 11 is 0. The summed E-state index contributed by atoms with van der Waals surface area (Å²) in [5, 5.41) is 10.7. The van der Waals surface area contributed by atoms with E-state index >= 15 is 0 Å². The van der Waals surface area contributed by atoms with E-state index in [0.29, 0.717) is 11.3 Å². The van der Waals surface area contributed by atoms with Gasteiger partial charge >= 0.3 is 0 Å². The number of nitrogens with one attached hydrogen (secondary N) is 2. The first kappa shape index (κ1) is 16.6. The van der Waals surface area contributed by atoms with Gasteiger partial charge in [0.2, 0.25) is 0 Å². The second kappa shape index (κ2) is 6.73. The minimum Gasteiger partial charge on any atom is -0.342 e. The summed E-state index contributed by atoms with van der Waals surface area (Å²) in [5.74, 6) is -0.573. The minimum absolute atomic E-state index is 0.258. The molecule has 0 saturated carbocycles. The average molecular weight is 330 g/mol. The molecule has 0 radical (unpaired) electrons. The molecule has 5 nitrogen and oxygen atoms in total. The van der Waals surface area contributed by atoms with Crippen LogP contribution in [-0.2, 0) is 5.54 Å². The number of hydrogen-bond donors (Lipinski definition) is 2. The van der Waals surface area contributed by atoms with Crippen molar-refractivity contribution in [2.45, 2.75) is 38.3 Å². The Morgan fingerprint density at radius 2 is 2.25 bits per heavy atom. The number of halogens is 1. The number of piperidine rings is 1. The first-order chi connectivity index (χ1) is 11.5. The van der Waals surface area contributed by atoms with Gasteiger partial charge in [-0.2, -0.15) is 5.10 Å². The minimum atomic E-state index is -0.685. The lowest BCUT2D eigenvalue weighted by Gasteiger charge is -2.26. The molecule has 1 saturated heterocycles. The van der Waals surface area contributed by atoms with Gasteiger partial charge in [0.1, 0.15) is 11.5 Å². The Kier molecular flexibility index (Phi) is 4.66. The highest BCUT2D eigenvalue weighted by Gasteiger charge is 2.25. The molecule has 2 heterocycles. The number of carbonyl (C=O) groups is 1. The molecule has 1 amide bonds. The molecule has 0 bridgehead atoms. The third-order valence-electron chi connectivity index (χ3n) is 4.46. The largest absolute Gasteiger partial charge is 0.342 e. The number of hydrogen-bond acceptors (Lipinski definition) is 3. The van der Waals surface area contributed by atoms with E-state index in [1.807, 2.05) is 24.7 Å². The van der Waals surface area contributed by atoms with E-state index in [0.717, 1.165) is 25.9 Å². The van der Waals surface area contributed by atoms with Crippen molar-refractivity contribution >= 4 is 5.91 Å². The zero-order chi connectivity index (χ0) is 17.2. The summed E-state index contributed by atoms with van der Waals surface area (Å²) < 4.78 is 15.3. The van der Waals surface area contributed by atoms with Gasteiger partial charge in [0.05, 0.1) is 11.6 Å². The van der Waals surface area contributed by atoms with E-state index in [4.69, 9.17) is 0 Å². The molecule has 2 aromatic rings. The first-order valence-electron chi connectivity index (χ1n) is 8.30. The third kappa shape index (κ3) is 3.64. The first-order valence-corrected chi connectivity index (χ1v) is 8.30. The predicted molar refractivity (Wildman–Crippen MR) is 90.3 cm³/mol. The predicted octanol–water partition coefficient (Wildman–Crippen LogP) is 2.61. The van der Waals surface area contributed by atoms with Gasteiger partial charge in [-0.05, 0) is 57.0 Å². The smallest absolute Gasteiger partial charge is 0.272 e. The maximum atomic E-state index is 13.4. The van der Waals surface area contributed by atoms with Gasteiger partial charge in [-0.25, -0.2) is 4.39 Å². The van der Waals surface area contributed by atoms with Gasteiger partial charge in [-0.3, -0.25) is 9.48 Å². The molecule has 1 unspecified atom stereocenters. The van der Waals surface area contributed by atoms with Gasteiger partial charge in [0, 0.05) is 12.7 Å². The van der Waals surface area contributed by atoms with E-state index in [-0.39, 0.29) is 17.8 Å². The SMILES string of the molecule is CC(C)(NC(=O)c1ccn(C2CCCNC2)n1)c1cccc(F)c1. The Bertz CT molecular complexity index is 719. The molecule has 2 N–H and O–H groups in total. The standard InChI is InChI=1S/C18H23FN4O/c1-18(2,13-5-3-6-14(19)11-13)21-17(24)16-8-10-23(22-16)15-7-4-9-20-12-15/h3,5-6,8,10-11,15,20H,4,7,9,12H2,1-2H3,(H,21,24). The van der Waals surface area contributed by atoms with Gasteiger partial charge in [-0.1, -0.05) is 12.1 Å². The van der Waals surface area contributed by atoms with Crippen molar-refractivity contribution < 1.29 is 9.18 Å². The monoisotopic (exact) mass is 330 g/mol. The summed E-state index contributed by atoms with van der Waals surface area (Å²) in [6, 6.07) is 8.29. The fraction of sp³-hybridized carbons (Fsp3) is 0.444. The molecular formula is C18H23FN4O. The van der Waals surface area contributed by atoms with Gasteiger partial charge in [-0.15, -0.1) is 0 Å². The maximum absolute atomic E-state index is 13.4. The van der Waals surface area contributed by atoms with Crippen molar-refractivity contribution in [2.24, 2.45) is 0 Å². The van der Waals surface area contributed by atoms with E-state index in [1.54, 1.807) is 18.2 Å². The number of rotatable bonds is 4. The van der Waals surface area contributed by atoms with Crippen LogP contribution < -0.4 is 10.6 Å². The van der Waals surface area contributed by atoms with Crippen LogP contribution >= 0.6 is 0 Å². The summed E-state index contributed by atoms with van der Waals surface area (Å²) in [7, 11) is 0. The Hall–Kier alpha value is -2.21. The average Bonchev–Trinajstić information content (AvgIpc) is 3.05. The summed E-state index contributed by atoms with van der Waals surface area (Å²) in [4.78, 5) is 12.5. The normalized spacial score (nSPS) is 18.4. The Morgan fingerprint density at radius 3 is 2.96 bits per heavy atom. The zero-order valence-electron chi connectivity index (χ0n) is 14.1. The molecule has 1 aliphatic heterocycles. The number of carbonyl (C=O) groups excluding carboxylic acids is 1. The lowest BCUT2D eigenvalue weighted by Crippen LogP contribution is -2.41. The Labute approximate surface area is 141 Å². The second-order valence-corrected chi connectivity index (χ2v) is 6.77. The lowest BCUT2D eigenvalue weighted by atomic mass is 9.94. The van der Waals surface area contributed by atoms with Gasteiger partial charge in [0.25, 0.3) is 5.91 Å². The molecule has 3 rings (SSSR count). The quantitative estimate of drug-likeness (QED) is 0.906. The highest BCUT2D eigenvalue weighted by molar-refractivity contribution is 5.92. The Balaban J connectivity index is 1.71. The molecule has 1 aromatic carbocycles. The second-order valence-electron chi connectivity index (χ2n) is 6.77. The van der Waals surface area contributed by atoms with E-state index in [1.165, 1.54) is 12.1 Å². The van der Waals surface area contributed by atoms with Crippen LogP contribution in [-0.4, -0.2) is 28.8 Å². The van der Waals surface area contributed by atoms with Crippen molar-refractivity contribution in [1.82, 2.24) is 20.4 Å². The number of nitrogens with zero attached hydrogens (tertiary/aromatic N) is 2. The van der Waals surface area contributed by atoms with Crippen LogP contribution in [0.2, 0.25) is 0 Å². The van der Waals surface area contributed by atoms with Crippen LogP contribution in [0.15, 0.2) is 36.5 Å². The van der Waals surface area contributed by atoms with Crippen molar-refractivity contribution in [3.63, 3.8) is 0 Å². The number of aromatic nitrogens is 2. The van der Waals surface area contributed by atoms with E-state index in [2.05, 4.69) is 15.7 Å². The summed E-state index contributed by atoms with van der Waals surface area (Å²) in [6.45, 7) is 5.61. The highest BCUT2D eigenvalue weighted by Crippen LogP contribution is 2.21. The summed E-state index contributed by atoms with van der Waals surface area (Å²) in [5.41, 5.74) is 0.409. The molecule has 128 valence electrons. The summed E-state index contributed by atoms with van der Waals surface area (Å²) in [6.07, 6.45) is 4.02. The highest BCUT2D eigenvalue weighted by atomic mass is 19.1. The van der Waals surface area contributed by atoms with Crippen LogP contribution in [0.25, 0.3) is 0 Å². The van der Waals surface area contributed by atoms with E-state index < -0.39 is 5.54 Å². The van der Waals surface area contributed by atoms with Crippen molar-refractivity contribution in [3.05, 3.63) is 53.6 Å². The fourth-order valence-corrected chi connectivity index (χ4v) is 3.02. The Morgan fingerprint density at radius 1 is 1.42 bits per heavy atom. The molecule has 6 heteroatoms. The fourth-order valence-electron chi connectivity index (χ4n) is 3.02. The molecule has 0 aliphatic carbocycles. The third-order valence-corrected chi connectivity index (χ3v) is 4.46.